The molecule has 6 heteroatoms. The Labute approximate surface area is 223 Å². The van der Waals surface area contributed by atoms with Crippen LogP contribution in [0.3, 0.4) is 0 Å². The Bertz CT molecular complexity index is 1560. The van der Waals surface area contributed by atoms with E-state index < -0.39 is 5.63 Å². The van der Waals surface area contributed by atoms with Gasteiger partial charge in [-0.3, -0.25) is 9.69 Å². The number of amides is 1. The normalized spacial score (nSPS) is 27.4. The van der Waals surface area contributed by atoms with Crippen molar-refractivity contribution in [2.45, 2.75) is 84.7 Å². The van der Waals surface area contributed by atoms with E-state index >= 15 is 0 Å². The number of aryl methyl sites for hydroxylation is 4. The van der Waals surface area contributed by atoms with Crippen molar-refractivity contribution in [1.29, 1.82) is 0 Å². The summed E-state index contributed by atoms with van der Waals surface area (Å²) in [6, 6.07) is 2.94. The van der Waals surface area contributed by atoms with Crippen molar-refractivity contribution in [3.63, 3.8) is 0 Å². The fourth-order valence-corrected chi connectivity index (χ4v) is 8.20. The van der Waals surface area contributed by atoms with E-state index in [-0.39, 0.29) is 18.4 Å². The van der Waals surface area contributed by atoms with Crippen molar-refractivity contribution in [2.75, 3.05) is 19.6 Å². The zero-order valence-corrected chi connectivity index (χ0v) is 23.1. The van der Waals surface area contributed by atoms with Gasteiger partial charge in [0.2, 0.25) is 5.91 Å². The van der Waals surface area contributed by atoms with Gasteiger partial charge < -0.3 is 13.7 Å². The van der Waals surface area contributed by atoms with E-state index in [1.807, 2.05) is 20.8 Å². The van der Waals surface area contributed by atoms with Crippen LogP contribution in [0, 0.1) is 39.5 Å². The van der Waals surface area contributed by atoms with Crippen LogP contribution in [0.5, 0.6) is 0 Å². The molecule has 7 rings (SSSR count). The Morgan fingerprint density at radius 1 is 0.974 bits per heavy atom. The standard InChI is InChI=1S/C32H38N2O4/c1-17-20(4)37-30-19(3)31-25(14-24(17)30)18(2)26(32(36)38-31)15-28(35)34-11-7-8-21-12-22-13-23(29(21)34)16-33-10-6-5-9-27(22)33/h12,14,22-23,27,29H,5-11,13,15-16H2,1-4H3/t22-,23+,27-,29-/m1/s1. The molecule has 0 radical (unpaired) electrons. The number of piperidine rings is 3. The fraction of sp³-hybridized carbons (Fsp3) is 0.562. The molecule has 0 saturated carbocycles. The number of hydrogen-bond donors (Lipinski definition) is 0. The molecule has 1 aliphatic carbocycles. The number of rotatable bonds is 2. The average Bonchev–Trinajstić information content (AvgIpc) is 3.20. The van der Waals surface area contributed by atoms with Crippen LogP contribution in [-0.2, 0) is 11.2 Å². The lowest BCUT2D eigenvalue weighted by molar-refractivity contribution is -0.135. The first-order valence-corrected chi connectivity index (χ1v) is 14.5. The van der Waals surface area contributed by atoms with Crippen molar-refractivity contribution >= 4 is 27.8 Å². The highest BCUT2D eigenvalue weighted by molar-refractivity contribution is 6.00. The molecule has 4 aliphatic rings. The number of benzene rings is 1. The second-order valence-electron chi connectivity index (χ2n) is 12.3. The van der Waals surface area contributed by atoms with Crippen molar-refractivity contribution in [3.05, 3.63) is 56.1 Å². The second-order valence-corrected chi connectivity index (χ2v) is 12.3. The van der Waals surface area contributed by atoms with Crippen molar-refractivity contribution in [3.8, 4) is 0 Å². The summed E-state index contributed by atoms with van der Waals surface area (Å²) in [6.07, 6.45) is 9.88. The van der Waals surface area contributed by atoms with Crippen LogP contribution in [-0.4, -0.2) is 47.4 Å². The summed E-state index contributed by atoms with van der Waals surface area (Å²) in [4.78, 5) is 32.0. The monoisotopic (exact) mass is 514 g/mol. The Morgan fingerprint density at radius 2 is 1.76 bits per heavy atom. The molecule has 200 valence electrons. The molecule has 0 spiro atoms. The Balaban J connectivity index is 1.23. The van der Waals surface area contributed by atoms with E-state index in [1.165, 1.54) is 37.8 Å². The molecule has 2 bridgehead atoms. The number of fused-ring (bicyclic) bond motifs is 8. The summed E-state index contributed by atoms with van der Waals surface area (Å²) in [6.45, 7) is 11.0. The average molecular weight is 515 g/mol. The number of furan rings is 1. The Morgan fingerprint density at radius 3 is 2.61 bits per heavy atom. The minimum atomic E-state index is -0.406. The van der Waals surface area contributed by atoms with E-state index in [1.54, 1.807) is 0 Å². The highest BCUT2D eigenvalue weighted by Crippen LogP contribution is 2.45. The van der Waals surface area contributed by atoms with E-state index in [2.05, 4.69) is 28.9 Å². The first kappa shape index (κ1) is 24.2. The van der Waals surface area contributed by atoms with Gasteiger partial charge in [0, 0.05) is 35.5 Å². The number of likely N-dealkylation sites (tertiary alicyclic amines) is 1. The van der Waals surface area contributed by atoms with Crippen LogP contribution in [0.15, 0.2) is 31.3 Å². The van der Waals surface area contributed by atoms with Gasteiger partial charge in [0.1, 0.15) is 16.9 Å². The molecule has 1 amide bonds. The zero-order valence-electron chi connectivity index (χ0n) is 23.1. The second kappa shape index (κ2) is 8.84. The van der Waals surface area contributed by atoms with Crippen LogP contribution in [0.4, 0.5) is 0 Å². The predicted octanol–water partition coefficient (Wildman–Crippen LogP) is 5.74. The summed E-state index contributed by atoms with van der Waals surface area (Å²) >= 11 is 0. The number of carbonyl (C=O) groups excluding carboxylic acids is 1. The molecule has 3 aromatic rings. The van der Waals surface area contributed by atoms with Gasteiger partial charge in [0.15, 0.2) is 0 Å². The summed E-state index contributed by atoms with van der Waals surface area (Å²) in [5.74, 6) is 2.06. The minimum absolute atomic E-state index is 0.0581. The number of carbonyl (C=O) groups is 1. The lowest BCUT2D eigenvalue weighted by atomic mass is 9.68. The predicted molar refractivity (Wildman–Crippen MR) is 149 cm³/mol. The maximum Gasteiger partial charge on any atom is 0.340 e. The quantitative estimate of drug-likeness (QED) is 0.322. The minimum Gasteiger partial charge on any atom is -0.461 e. The molecular weight excluding hydrogens is 476 g/mol. The largest absolute Gasteiger partial charge is 0.461 e. The maximum absolute atomic E-state index is 13.9. The highest BCUT2D eigenvalue weighted by Gasteiger charge is 2.47. The molecular formula is C32H38N2O4. The van der Waals surface area contributed by atoms with Gasteiger partial charge in [-0.2, -0.15) is 0 Å². The van der Waals surface area contributed by atoms with Crippen LogP contribution in [0.25, 0.3) is 21.9 Å². The fourth-order valence-electron chi connectivity index (χ4n) is 8.20. The molecule has 1 aromatic carbocycles. The van der Waals surface area contributed by atoms with E-state index in [4.69, 9.17) is 8.83 Å². The van der Waals surface area contributed by atoms with Crippen LogP contribution >= 0.6 is 0 Å². The number of nitrogens with zero attached hydrogens (tertiary/aromatic N) is 2. The molecule has 6 nitrogen and oxygen atoms in total. The van der Waals surface area contributed by atoms with E-state index in [0.29, 0.717) is 29.0 Å². The SMILES string of the molecule is Cc1oc2c(C)c3oc(=O)c(CC(=O)N4CCCC5=C[C@@H]6C[C@@H](CN7CCCC[C@H]67)[C@@H]54)c(C)c3cc2c1C. The van der Waals surface area contributed by atoms with Gasteiger partial charge in [-0.05, 0) is 95.4 Å². The van der Waals surface area contributed by atoms with Crippen molar-refractivity contribution in [2.24, 2.45) is 11.8 Å². The first-order chi connectivity index (χ1) is 18.3. The highest BCUT2D eigenvalue weighted by atomic mass is 16.4. The molecule has 0 N–H and O–H groups in total. The number of hydrogen-bond acceptors (Lipinski definition) is 5. The van der Waals surface area contributed by atoms with Gasteiger partial charge in [0.25, 0.3) is 0 Å². The molecule has 3 fully saturated rings. The Hall–Kier alpha value is -2.86. The molecule has 3 aliphatic heterocycles. The van der Waals surface area contributed by atoms with E-state index in [0.717, 1.165) is 64.7 Å². The van der Waals surface area contributed by atoms with Gasteiger partial charge in [-0.15, -0.1) is 0 Å². The molecule has 3 saturated heterocycles. The van der Waals surface area contributed by atoms with Crippen LogP contribution < -0.4 is 5.63 Å². The third kappa shape index (κ3) is 3.55. The third-order valence-electron chi connectivity index (χ3n) is 10.2. The van der Waals surface area contributed by atoms with Crippen LogP contribution in [0.2, 0.25) is 0 Å². The molecule has 2 aromatic heterocycles. The maximum atomic E-state index is 13.9. The summed E-state index contributed by atoms with van der Waals surface area (Å²) in [5.41, 5.74) is 5.66. The first-order valence-electron chi connectivity index (χ1n) is 14.5. The summed E-state index contributed by atoms with van der Waals surface area (Å²) in [7, 11) is 0. The molecule has 0 unspecified atom stereocenters. The molecule has 38 heavy (non-hydrogen) atoms. The van der Waals surface area contributed by atoms with Gasteiger partial charge in [0.05, 0.1) is 18.0 Å². The molecule has 4 atom stereocenters. The van der Waals surface area contributed by atoms with Gasteiger partial charge in [-0.25, -0.2) is 4.79 Å². The topological polar surface area (TPSA) is 66.9 Å². The molecule has 5 heterocycles. The van der Waals surface area contributed by atoms with Crippen molar-refractivity contribution in [1.82, 2.24) is 9.80 Å². The van der Waals surface area contributed by atoms with Crippen LogP contribution in [0.1, 0.15) is 66.5 Å². The van der Waals surface area contributed by atoms with E-state index in [9.17, 15) is 9.59 Å². The Kier molecular flexibility index (Phi) is 5.63. The summed E-state index contributed by atoms with van der Waals surface area (Å²) in [5, 5.41) is 1.93. The summed E-state index contributed by atoms with van der Waals surface area (Å²) < 4.78 is 11.9. The zero-order chi connectivity index (χ0) is 26.3. The lowest BCUT2D eigenvalue weighted by Crippen LogP contribution is -2.60. The van der Waals surface area contributed by atoms with Crippen molar-refractivity contribution < 1.29 is 13.6 Å². The van der Waals surface area contributed by atoms with Gasteiger partial charge >= 0.3 is 5.63 Å². The third-order valence-corrected chi connectivity index (χ3v) is 10.2. The van der Waals surface area contributed by atoms with Gasteiger partial charge in [-0.1, -0.05) is 18.1 Å². The smallest absolute Gasteiger partial charge is 0.340 e. The lowest BCUT2D eigenvalue weighted by Gasteiger charge is -2.54.